The first-order valence-corrected chi connectivity index (χ1v) is 8.26. The zero-order chi connectivity index (χ0) is 19.7. The minimum atomic E-state index is -1.20. The molecule has 1 atom stereocenters. The molecule has 0 saturated heterocycles. The van der Waals surface area contributed by atoms with E-state index in [9.17, 15) is 19.2 Å². The number of urea groups is 1. The van der Waals surface area contributed by atoms with E-state index in [0.29, 0.717) is 15.7 Å². The lowest BCUT2D eigenvalue weighted by molar-refractivity contribution is -0.125. The molecule has 0 spiro atoms. The number of aromatic nitrogens is 2. The molecule has 0 fully saturated rings. The van der Waals surface area contributed by atoms with Gasteiger partial charge >= 0.3 is 6.03 Å². The number of nitrogens with zero attached hydrogens (tertiary/aromatic N) is 1. The number of amides is 4. The molecular formula is C15H12Cl2N6O4. The van der Waals surface area contributed by atoms with Crippen LogP contribution in [0.4, 0.5) is 22.2 Å². The fourth-order valence-electron chi connectivity index (χ4n) is 2.63. The molecule has 0 radical (unpaired) electrons. The van der Waals surface area contributed by atoms with Gasteiger partial charge in [-0.2, -0.15) is 4.98 Å². The maximum absolute atomic E-state index is 12.5. The van der Waals surface area contributed by atoms with E-state index in [-0.39, 0.29) is 23.8 Å². The number of aromatic amines is 1. The number of rotatable bonds is 3. The molecule has 12 heteroatoms. The van der Waals surface area contributed by atoms with Crippen LogP contribution in [-0.2, 0) is 9.59 Å². The van der Waals surface area contributed by atoms with Crippen molar-refractivity contribution in [2.75, 3.05) is 10.6 Å². The third-order valence-corrected chi connectivity index (χ3v) is 4.08. The highest BCUT2D eigenvalue weighted by Crippen LogP contribution is 2.30. The number of carbonyl (C=O) groups is 3. The Morgan fingerprint density at radius 3 is 2.48 bits per heavy atom. The van der Waals surface area contributed by atoms with Crippen LogP contribution in [0.1, 0.15) is 17.9 Å². The zero-order valence-electron chi connectivity index (χ0n) is 13.4. The molecule has 140 valence electrons. The number of nitrogens with one attached hydrogen (secondary N) is 4. The van der Waals surface area contributed by atoms with E-state index >= 15 is 0 Å². The number of nitrogens with two attached hydrogens (primary N) is 1. The van der Waals surface area contributed by atoms with Crippen molar-refractivity contribution < 1.29 is 14.4 Å². The average Bonchev–Trinajstić information content (AvgIpc) is 2.51. The van der Waals surface area contributed by atoms with Gasteiger partial charge in [0.25, 0.3) is 5.56 Å². The first-order valence-electron chi connectivity index (χ1n) is 7.50. The quantitative estimate of drug-likeness (QED) is 0.514. The molecule has 1 aliphatic heterocycles. The second-order valence-corrected chi connectivity index (χ2v) is 6.49. The number of hydrogen-bond donors (Lipinski definition) is 5. The summed E-state index contributed by atoms with van der Waals surface area (Å²) in [7, 11) is 0. The number of carbonyl (C=O) groups excluding carboxylic acids is 3. The van der Waals surface area contributed by atoms with E-state index in [0.717, 1.165) is 0 Å². The topological polar surface area (TPSA) is 159 Å². The second-order valence-electron chi connectivity index (χ2n) is 5.62. The summed E-state index contributed by atoms with van der Waals surface area (Å²) in [5.74, 6) is -2.72. The molecule has 0 saturated carbocycles. The van der Waals surface area contributed by atoms with Gasteiger partial charge in [-0.15, -0.1) is 0 Å². The van der Waals surface area contributed by atoms with E-state index < -0.39 is 29.3 Å². The number of benzene rings is 1. The van der Waals surface area contributed by atoms with Crippen molar-refractivity contribution in [3.05, 3.63) is 44.2 Å². The van der Waals surface area contributed by atoms with E-state index in [2.05, 4.69) is 20.6 Å². The number of halogens is 2. The van der Waals surface area contributed by atoms with E-state index in [1.54, 1.807) is 12.1 Å². The van der Waals surface area contributed by atoms with Gasteiger partial charge in [0.2, 0.25) is 17.8 Å². The van der Waals surface area contributed by atoms with Crippen molar-refractivity contribution in [1.29, 1.82) is 0 Å². The first kappa shape index (κ1) is 18.7. The fourth-order valence-corrected chi connectivity index (χ4v) is 3.15. The molecule has 6 N–H and O–H groups in total. The summed E-state index contributed by atoms with van der Waals surface area (Å²) in [6.07, 6.45) is -0.326. The molecule has 1 aliphatic rings. The van der Waals surface area contributed by atoms with Crippen molar-refractivity contribution in [2.24, 2.45) is 5.73 Å². The zero-order valence-corrected chi connectivity index (χ0v) is 14.9. The predicted molar refractivity (Wildman–Crippen MR) is 98.3 cm³/mol. The fraction of sp³-hybridized carbons (Fsp3) is 0.133. The van der Waals surface area contributed by atoms with Gasteiger partial charge in [-0.3, -0.25) is 24.7 Å². The molecule has 2 aromatic rings. The summed E-state index contributed by atoms with van der Waals surface area (Å²) in [5.41, 5.74) is 4.62. The normalized spacial score (nSPS) is 15.5. The lowest BCUT2D eigenvalue weighted by Crippen LogP contribution is -2.43. The molecule has 0 unspecified atom stereocenters. The SMILES string of the molecule is NC(=O)NC(=O)[C@@H]1CC(=O)Nc2nc(Nc3cc(Cl)cc(Cl)c3)[nH]c(=O)c21. The van der Waals surface area contributed by atoms with Gasteiger partial charge in [-0.05, 0) is 18.2 Å². The minimum absolute atomic E-state index is 0.00616. The largest absolute Gasteiger partial charge is 0.351 e. The molecular weight excluding hydrogens is 399 g/mol. The van der Waals surface area contributed by atoms with Gasteiger partial charge in [-0.1, -0.05) is 23.2 Å². The highest BCUT2D eigenvalue weighted by Gasteiger charge is 2.35. The van der Waals surface area contributed by atoms with Gasteiger partial charge in [-0.25, -0.2) is 4.79 Å². The van der Waals surface area contributed by atoms with Crippen LogP contribution in [0.2, 0.25) is 10.0 Å². The third kappa shape index (κ3) is 4.18. The van der Waals surface area contributed by atoms with Crippen molar-refractivity contribution >= 4 is 58.5 Å². The average molecular weight is 411 g/mol. The monoisotopic (exact) mass is 410 g/mol. The smallest absolute Gasteiger partial charge is 0.318 e. The Morgan fingerprint density at radius 1 is 1.19 bits per heavy atom. The molecule has 1 aromatic carbocycles. The lowest BCUT2D eigenvalue weighted by Gasteiger charge is -2.23. The summed E-state index contributed by atoms with van der Waals surface area (Å²) < 4.78 is 0. The lowest BCUT2D eigenvalue weighted by atomic mass is 9.92. The Labute approximate surface area is 161 Å². The minimum Gasteiger partial charge on any atom is -0.351 e. The Balaban J connectivity index is 1.98. The first-order chi connectivity index (χ1) is 12.7. The summed E-state index contributed by atoms with van der Waals surface area (Å²) in [5, 5.41) is 7.82. The molecule has 4 amide bonds. The van der Waals surface area contributed by atoms with Crippen molar-refractivity contribution in [3.63, 3.8) is 0 Å². The van der Waals surface area contributed by atoms with Crippen molar-refractivity contribution in [3.8, 4) is 0 Å². The van der Waals surface area contributed by atoms with Gasteiger partial charge in [0, 0.05) is 22.2 Å². The Hall–Kier alpha value is -3.11. The van der Waals surface area contributed by atoms with Crippen LogP contribution in [-0.4, -0.2) is 27.8 Å². The second kappa shape index (κ2) is 7.25. The Morgan fingerprint density at radius 2 is 1.85 bits per heavy atom. The Kier molecular flexibility index (Phi) is 5.02. The number of fused-ring (bicyclic) bond motifs is 1. The van der Waals surface area contributed by atoms with Crippen molar-refractivity contribution in [2.45, 2.75) is 12.3 Å². The van der Waals surface area contributed by atoms with Crippen LogP contribution in [0.5, 0.6) is 0 Å². The molecule has 0 aliphatic carbocycles. The summed E-state index contributed by atoms with van der Waals surface area (Å²) in [6, 6.07) is 3.54. The highest BCUT2D eigenvalue weighted by molar-refractivity contribution is 6.35. The van der Waals surface area contributed by atoms with Crippen LogP contribution in [0.25, 0.3) is 0 Å². The standard InChI is InChI=1S/C15H12Cl2N6O4/c16-5-1-6(17)3-7(2-5)19-15-21-11-10(13(26)23-15)8(4-9(24)20-11)12(25)22-14(18)27/h1-3,8H,4H2,(H3,18,22,25,27)(H3,19,20,21,23,24,26)/t8-/m1/s1. The summed E-state index contributed by atoms with van der Waals surface area (Å²) >= 11 is 11.8. The van der Waals surface area contributed by atoms with Gasteiger partial charge in [0.15, 0.2) is 0 Å². The van der Waals surface area contributed by atoms with Crippen LogP contribution in [0, 0.1) is 0 Å². The number of H-pyrrole nitrogens is 1. The maximum Gasteiger partial charge on any atom is 0.318 e. The van der Waals surface area contributed by atoms with Gasteiger partial charge in [0.1, 0.15) is 5.82 Å². The number of imide groups is 1. The van der Waals surface area contributed by atoms with E-state index in [1.165, 1.54) is 6.07 Å². The van der Waals surface area contributed by atoms with Crippen LogP contribution in [0.3, 0.4) is 0 Å². The summed E-state index contributed by atoms with van der Waals surface area (Å²) in [6.45, 7) is 0. The van der Waals surface area contributed by atoms with E-state index in [1.807, 2.05) is 5.32 Å². The molecule has 2 heterocycles. The number of hydrogen-bond acceptors (Lipinski definition) is 6. The number of anilines is 3. The van der Waals surface area contributed by atoms with Crippen LogP contribution < -0.4 is 27.2 Å². The van der Waals surface area contributed by atoms with Crippen LogP contribution >= 0.6 is 23.2 Å². The van der Waals surface area contributed by atoms with Crippen molar-refractivity contribution in [1.82, 2.24) is 15.3 Å². The third-order valence-electron chi connectivity index (χ3n) is 3.64. The number of primary amides is 1. The van der Waals surface area contributed by atoms with Gasteiger partial charge in [0.05, 0.1) is 11.5 Å². The van der Waals surface area contributed by atoms with E-state index in [4.69, 9.17) is 28.9 Å². The highest BCUT2D eigenvalue weighted by atomic mass is 35.5. The molecule has 3 rings (SSSR count). The summed E-state index contributed by atoms with van der Waals surface area (Å²) in [4.78, 5) is 53.9. The predicted octanol–water partition coefficient (Wildman–Crippen LogP) is 1.44. The molecule has 27 heavy (non-hydrogen) atoms. The maximum atomic E-state index is 12.5. The Bertz CT molecular complexity index is 1000. The molecule has 0 bridgehead atoms. The molecule has 1 aromatic heterocycles. The van der Waals surface area contributed by atoms with Gasteiger partial charge < -0.3 is 16.4 Å². The molecule has 10 nitrogen and oxygen atoms in total. The van der Waals surface area contributed by atoms with Crippen LogP contribution in [0.15, 0.2) is 23.0 Å².